The van der Waals surface area contributed by atoms with Crippen molar-refractivity contribution in [2.75, 3.05) is 18.5 Å². The van der Waals surface area contributed by atoms with Crippen molar-refractivity contribution in [1.29, 1.82) is 0 Å². The third kappa shape index (κ3) is 4.54. The zero-order valence-corrected chi connectivity index (χ0v) is 14.3. The van der Waals surface area contributed by atoms with Gasteiger partial charge in [0.1, 0.15) is 18.5 Å². The van der Waals surface area contributed by atoms with Crippen molar-refractivity contribution in [2.45, 2.75) is 20.0 Å². The van der Waals surface area contributed by atoms with Gasteiger partial charge in [-0.05, 0) is 54.1 Å². The molecule has 0 amide bonds. The van der Waals surface area contributed by atoms with Gasteiger partial charge in [0.05, 0.1) is 5.69 Å². The standard InChI is InChI=1S/C18H21N5O2/c1-13-6-8-15(9-7-13)23-18(20-21-22-23)19-11-16(24)12-25-17-5-3-4-14(2)10-17/h3-10,16,24H,11-12H2,1-2H3,(H,19,20,22). The lowest BCUT2D eigenvalue weighted by molar-refractivity contribution is 0.117. The van der Waals surface area contributed by atoms with E-state index < -0.39 is 6.10 Å². The number of aryl methyl sites for hydroxylation is 2. The van der Waals surface area contributed by atoms with Crippen molar-refractivity contribution in [2.24, 2.45) is 0 Å². The number of nitrogens with zero attached hydrogens (tertiary/aromatic N) is 4. The zero-order valence-electron chi connectivity index (χ0n) is 14.3. The van der Waals surface area contributed by atoms with Gasteiger partial charge in [0.15, 0.2) is 0 Å². The molecular formula is C18H21N5O2. The summed E-state index contributed by atoms with van der Waals surface area (Å²) in [6.07, 6.45) is -0.691. The van der Waals surface area contributed by atoms with Crippen LogP contribution in [-0.2, 0) is 0 Å². The minimum Gasteiger partial charge on any atom is -0.491 e. The molecule has 3 rings (SSSR count). The van der Waals surface area contributed by atoms with Crippen LogP contribution in [0.5, 0.6) is 5.75 Å². The molecular weight excluding hydrogens is 318 g/mol. The Bertz CT molecular complexity index is 816. The summed E-state index contributed by atoms with van der Waals surface area (Å²) in [7, 11) is 0. The predicted octanol–water partition coefficient (Wildman–Crippen LogP) is 2.13. The van der Waals surface area contributed by atoms with Gasteiger partial charge in [0, 0.05) is 6.54 Å². The summed E-state index contributed by atoms with van der Waals surface area (Å²) in [5.74, 6) is 1.21. The SMILES string of the molecule is Cc1ccc(-n2nnnc2NCC(O)COc2cccc(C)c2)cc1. The molecule has 0 aliphatic rings. The number of tetrazole rings is 1. The summed E-state index contributed by atoms with van der Waals surface area (Å²) >= 11 is 0. The number of aromatic nitrogens is 4. The Morgan fingerprint density at radius 1 is 1.12 bits per heavy atom. The number of aliphatic hydroxyl groups excluding tert-OH is 1. The molecule has 1 aromatic heterocycles. The van der Waals surface area contributed by atoms with E-state index in [1.54, 1.807) is 4.68 Å². The Kier molecular flexibility index (Phi) is 5.25. The highest BCUT2D eigenvalue weighted by atomic mass is 16.5. The fourth-order valence-corrected chi connectivity index (χ4v) is 2.32. The molecule has 0 bridgehead atoms. The number of ether oxygens (including phenoxy) is 1. The molecule has 25 heavy (non-hydrogen) atoms. The fraction of sp³-hybridized carbons (Fsp3) is 0.278. The van der Waals surface area contributed by atoms with Crippen molar-refractivity contribution >= 4 is 5.95 Å². The largest absolute Gasteiger partial charge is 0.491 e. The highest BCUT2D eigenvalue weighted by molar-refractivity contribution is 5.40. The van der Waals surface area contributed by atoms with E-state index in [0.29, 0.717) is 5.95 Å². The minimum absolute atomic E-state index is 0.183. The molecule has 7 heteroatoms. The van der Waals surface area contributed by atoms with Crippen molar-refractivity contribution in [3.8, 4) is 11.4 Å². The number of hydrogen-bond donors (Lipinski definition) is 2. The van der Waals surface area contributed by atoms with E-state index in [0.717, 1.165) is 22.6 Å². The first-order valence-corrected chi connectivity index (χ1v) is 8.08. The molecule has 0 radical (unpaired) electrons. The molecule has 2 N–H and O–H groups in total. The fourth-order valence-electron chi connectivity index (χ4n) is 2.32. The van der Waals surface area contributed by atoms with Gasteiger partial charge in [-0.3, -0.25) is 0 Å². The molecule has 1 atom stereocenters. The van der Waals surface area contributed by atoms with Gasteiger partial charge in [0.2, 0.25) is 5.95 Å². The van der Waals surface area contributed by atoms with Crippen LogP contribution in [0.25, 0.3) is 5.69 Å². The molecule has 130 valence electrons. The second-order valence-electron chi connectivity index (χ2n) is 5.91. The number of benzene rings is 2. The highest BCUT2D eigenvalue weighted by Crippen LogP contribution is 2.14. The van der Waals surface area contributed by atoms with Crippen LogP contribution >= 0.6 is 0 Å². The summed E-state index contributed by atoms with van der Waals surface area (Å²) < 4.78 is 7.19. The van der Waals surface area contributed by atoms with Gasteiger partial charge in [-0.25, -0.2) is 0 Å². The van der Waals surface area contributed by atoms with E-state index in [1.807, 2.05) is 62.4 Å². The molecule has 1 heterocycles. The Labute approximate surface area is 146 Å². The summed E-state index contributed by atoms with van der Waals surface area (Å²) in [6.45, 7) is 4.48. The second kappa shape index (κ2) is 7.76. The first-order valence-electron chi connectivity index (χ1n) is 8.08. The number of aliphatic hydroxyl groups is 1. The Morgan fingerprint density at radius 3 is 2.68 bits per heavy atom. The van der Waals surface area contributed by atoms with Crippen molar-refractivity contribution in [1.82, 2.24) is 20.2 Å². The Morgan fingerprint density at radius 2 is 1.92 bits per heavy atom. The lowest BCUT2D eigenvalue weighted by Crippen LogP contribution is -2.27. The van der Waals surface area contributed by atoms with Crippen molar-refractivity contribution < 1.29 is 9.84 Å². The summed E-state index contributed by atoms with van der Waals surface area (Å²) in [6, 6.07) is 15.6. The lowest BCUT2D eigenvalue weighted by Gasteiger charge is -2.14. The van der Waals surface area contributed by atoms with E-state index in [2.05, 4.69) is 20.8 Å². The van der Waals surface area contributed by atoms with Crippen LogP contribution in [0, 0.1) is 13.8 Å². The molecule has 2 aromatic carbocycles. The quantitative estimate of drug-likeness (QED) is 0.686. The summed E-state index contributed by atoms with van der Waals surface area (Å²) in [5, 5.41) is 24.8. The van der Waals surface area contributed by atoms with Gasteiger partial charge in [-0.1, -0.05) is 34.9 Å². The monoisotopic (exact) mass is 339 g/mol. The van der Waals surface area contributed by atoms with Crippen LogP contribution < -0.4 is 10.1 Å². The third-order valence-electron chi connectivity index (χ3n) is 3.68. The van der Waals surface area contributed by atoms with E-state index in [9.17, 15) is 5.11 Å². The predicted molar refractivity (Wildman–Crippen MR) is 95.1 cm³/mol. The van der Waals surface area contributed by atoms with Crippen LogP contribution in [0.15, 0.2) is 48.5 Å². The number of hydrogen-bond acceptors (Lipinski definition) is 6. The molecule has 3 aromatic rings. The van der Waals surface area contributed by atoms with E-state index in [4.69, 9.17) is 4.74 Å². The smallest absolute Gasteiger partial charge is 0.247 e. The summed E-state index contributed by atoms with van der Waals surface area (Å²) in [4.78, 5) is 0. The number of anilines is 1. The maximum absolute atomic E-state index is 10.1. The molecule has 0 fully saturated rings. The lowest BCUT2D eigenvalue weighted by atomic mass is 10.2. The van der Waals surface area contributed by atoms with Gasteiger partial charge in [-0.15, -0.1) is 0 Å². The topological polar surface area (TPSA) is 85.1 Å². The van der Waals surface area contributed by atoms with Crippen molar-refractivity contribution in [3.63, 3.8) is 0 Å². The Hall–Kier alpha value is -2.93. The first kappa shape index (κ1) is 16.9. The van der Waals surface area contributed by atoms with E-state index in [1.165, 1.54) is 0 Å². The van der Waals surface area contributed by atoms with E-state index in [-0.39, 0.29) is 13.2 Å². The molecule has 0 aliphatic heterocycles. The molecule has 0 saturated heterocycles. The van der Waals surface area contributed by atoms with Crippen LogP contribution in [0.4, 0.5) is 5.95 Å². The van der Waals surface area contributed by atoms with Gasteiger partial charge < -0.3 is 15.2 Å². The zero-order chi connectivity index (χ0) is 17.6. The van der Waals surface area contributed by atoms with Gasteiger partial charge in [0.25, 0.3) is 0 Å². The molecule has 0 aliphatic carbocycles. The van der Waals surface area contributed by atoms with Crippen LogP contribution in [0.1, 0.15) is 11.1 Å². The Balaban J connectivity index is 1.55. The maximum atomic E-state index is 10.1. The van der Waals surface area contributed by atoms with E-state index >= 15 is 0 Å². The molecule has 0 saturated carbocycles. The van der Waals surface area contributed by atoms with Crippen molar-refractivity contribution in [3.05, 3.63) is 59.7 Å². The summed E-state index contributed by atoms with van der Waals surface area (Å²) in [5.41, 5.74) is 3.13. The maximum Gasteiger partial charge on any atom is 0.247 e. The van der Waals surface area contributed by atoms with Gasteiger partial charge >= 0.3 is 0 Å². The van der Waals surface area contributed by atoms with Crippen LogP contribution in [0.3, 0.4) is 0 Å². The number of nitrogens with one attached hydrogen (secondary N) is 1. The van der Waals surface area contributed by atoms with Crippen LogP contribution in [0.2, 0.25) is 0 Å². The second-order valence-corrected chi connectivity index (χ2v) is 5.91. The molecule has 7 nitrogen and oxygen atoms in total. The van der Waals surface area contributed by atoms with Crippen LogP contribution in [-0.4, -0.2) is 44.6 Å². The first-order chi connectivity index (χ1) is 12.1. The molecule has 1 unspecified atom stereocenters. The minimum atomic E-state index is -0.691. The normalized spacial score (nSPS) is 12.0. The average molecular weight is 339 g/mol. The van der Waals surface area contributed by atoms with Gasteiger partial charge in [-0.2, -0.15) is 4.68 Å². The average Bonchev–Trinajstić information content (AvgIpc) is 3.07. The number of rotatable bonds is 7. The molecule has 0 spiro atoms. The third-order valence-corrected chi connectivity index (χ3v) is 3.68. The highest BCUT2D eigenvalue weighted by Gasteiger charge is 2.11.